The monoisotopic (exact) mass is 242 g/mol. The molecule has 0 aromatic carbocycles. The van der Waals surface area contributed by atoms with Crippen LogP contribution in [0.3, 0.4) is 0 Å². The molecule has 0 bridgehead atoms. The van der Waals surface area contributed by atoms with Crippen LogP contribution in [-0.2, 0) is 9.53 Å². The van der Waals surface area contributed by atoms with Crippen molar-refractivity contribution in [1.29, 1.82) is 0 Å². The average Bonchev–Trinajstić information content (AvgIpc) is 2.24. The summed E-state index contributed by atoms with van der Waals surface area (Å²) < 4.78 is 5.44. The fourth-order valence-corrected chi connectivity index (χ4v) is 1.91. The summed E-state index contributed by atoms with van der Waals surface area (Å²) in [6.45, 7) is 11.0. The zero-order valence-electron chi connectivity index (χ0n) is 11.6. The van der Waals surface area contributed by atoms with Crippen LogP contribution >= 0.6 is 0 Å². The second kappa shape index (κ2) is 5.83. The minimum atomic E-state index is -0.256. The van der Waals surface area contributed by atoms with E-state index in [2.05, 4.69) is 17.6 Å². The zero-order chi connectivity index (χ0) is 12.9. The quantitative estimate of drug-likeness (QED) is 0.781. The Hall–Kier alpha value is -0.610. The maximum atomic E-state index is 11.6. The molecule has 1 saturated heterocycles. The van der Waals surface area contributed by atoms with Crippen molar-refractivity contribution in [2.24, 2.45) is 5.41 Å². The van der Waals surface area contributed by atoms with Crippen LogP contribution in [0.25, 0.3) is 0 Å². The Morgan fingerprint density at radius 2 is 2.18 bits per heavy atom. The van der Waals surface area contributed by atoms with Crippen LogP contribution in [0.5, 0.6) is 0 Å². The molecule has 0 saturated carbocycles. The van der Waals surface area contributed by atoms with E-state index >= 15 is 0 Å². The molecule has 0 radical (unpaired) electrons. The molecule has 1 rings (SSSR count). The van der Waals surface area contributed by atoms with E-state index in [1.165, 1.54) is 12.8 Å². The molecule has 1 unspecified atom stereocenters. The molecule has 1 aliphatic rings. The predicted molar refractivity (Wildman–Crippen MR) is 68.9 cm³/mol. The van der Waals surface area contributed by atoms with Gasteiger partial charge in [-0.05, 0) is 45.6 Å². The van der Waals surface area contributed by atoms with Crippen molar-refractivity contribution in [3.05, 3.63) is 0 Å². The van der Waals surface area contributed by atoms with Gasteiger partial charge in [0.25, 0.3) is 0 Å². The predicted octanol–water partition coefficient (Wildman–Crippen LogP) is 1.31. The smallest absolute Gasteiger partial charge is 0.246 e. The van der Waals surface area contributed by atoms with Crippen LogP contribution in [0, 0.1) is 5.41 Å². The summed E-state index contributed by atoms with van der Waals surface area (Å²) in [5.74, 6) is -0.0216. The molecule has 4 heteroatoms. The van der Waals surface area contributed by atoms with Crippen LogP contribution in [0.1, 0.15) is 40.5 Å². The Balaban J connectivity index is 2.23. The second-order valence-corrected chi connectivity index (χ2v) is 6.27. The summed E-state index contributed by atoms with van der Waals surface area (Å²) in [5, 5.41) is 6.33. The molecule has 0 aromatic rings. The highest BCUT2D eigenvalue weighted by Gasteiger charge is 2.27. The van der Waals surface area contributed by atoms with Gasteiger partial charge in [0.2, 0.25) is 5.91 Å². The summed E-state index contributed by atoms with van der Waals surface area (Å²) >= 11 is 0. The summed E-state index contributed by atoms with van der Waals surface area (Å²) in [7, 11) is 0. The van der Waals surface area contributed by atoms with Gasteiger partial charge in [-0.1, -0.05) is 6.92 Å². The lowest BCUT2D eigenvalue weighted by Gasteiger charge is -2.34. The van der Waals surface area contributed by atoms with Gasteiger partial charge in [-0.15, -0.1) is 0 Å². The summed E-state index contributed by atoms with van der Waals surface area (Å²) in [6.07, 6.45) is 2.35. The van der Waals surface area contributed by atoms with Crippen LogP contribution in [0.4, 0.5) is 0 Å². The Labute approximate surface area is 104 Å². The number of carbonyl (C=O) groups is 1. The van der Waals surface area contributed by atoms with Crippen molar-refractivity contribution in [3.63, 3.8) is 0 Å². The molecular weight excluding hydrogens is 216 g/mol. The van der Waals surface area contributed by atoms with Crippen LogP contribution in [0.15, 0.2) is 0 Å². The topological polar surface area (TPSA) is 50.4 Å². The van der Waals surface area contributed by atoms with Gasteiger partial charge in [-0.3, -0.25) is 4.79 Å². The van der Waals surface area contributed by atoms with E-state index in [1.807, 2.05) is 20.8 Å². The zero-order valence-corrected chi connectivity index (χ0v) is 11.6. The molecule has 4 nitrogen and oxygen atoms in total. The normalized spacial score (nSPS) is 25.6. The summed E-state index contributed by atoms with van der Waals surface area (Å²) in [4.78, 5) is 11.6. The first-order chi connectivity index (χ1) is 7.81. The molecular formula is C13H26N2O2. The largest absolute Gasteiger partial charge is 0.366 e. The maximum absolute atomic E-state index is 11.6. The van der Waals surface area contributed by atoms with E-state index < -0.39 is 0 Å². The summed E-state index contributed by atoms with van der Waals surface area (Å²) in [6, 6.07) is 0. The van der Waals surface area contributed by atoms with E-state index in [9.17, 15) is 4.79 Å². The third kappa shape index (κ3) is 6.03. The first-order valence-corrected chi connectivity index (χ1v) is 6.42. The Morgan fingerprint density at radius 3 is 2.71 bits per heavy atom. The Morgan fingerprint density at radius 1 is 1.47 bits per heavy atom. The number of hydrogen-bond donors (Lipinski definition) is 2. The first-order valence-electron chi connectivity index (χ1n) is 6.42. The lowest BCUT2D eigenvalue weighted by atomic mass is 9.83. The number of hydrogen-bond acceptors (Lipinski definition) is 3. The number of amides is 1. The van der Waals surface area contributed by atoms with Crippen molar-refractivity contribution < 1.29 is 9.53 Å². The van der Waals surface area contributed by atoms with E-state index in [0.29, 0.717) is 0 Å². The molecule has 0 aromatic heterocycles. The summed E-state index contributed by atoms with van der Waals surface area (Å²) in [5.41, 5.74) is -0.0662. The van der Waals surface area contributed by atoms with E-state index in [4.69, 9.17) is 4.74 Å². The first kappa shape index (κ1) is 14.5. The maximum Gasteiger partial charge on any atom is 0.246 e. The molecule has 1 aliphatic heterocycles. The molecule has 1 atom stereocenters. The van der Waals surface area contributed by atoms with E-state index in [0.717, 1.165) is 19.6 Å². The highest BCUT2D eigenvalue weighted by Crippen LogP contribution is 2.24. The van der Waals surface area contributed by atoms with Crippen LogP contribution in [-0.4, -0.2) is 37.7 Å². The van der Waals surface area contributed by atoms with Crippen molar-refractivity contribution in [2.45, 2.75) is 46.1 Å². The molecule has 1 heterocycles. The van der Waals surface area contributed by atoms with Crippen LogP contribution < -0.4 is 10.6 Å². The van der Waals surface area contributed by atoms with Gasteiger partial charge in [0, 0.05) is 13.1 Å². The number of nitrogens with one attached hydrogen (secondary N) is 2. The average molecular weight is 242 g/mol. The lowest BCUT2D eigenvalue weighted by molar-refractivity contribution is -0.131. The Bertz CT molecular complexity index is 253. The van der Waals surface area contributed by atoms with Gasteiger partial charge in [0.05, 0.1) is 5.60 Å². The number of piperidine rings is 1. The minimum Gasteiger partial charge on any atom is -0.366 e. The van der Waals surface area contributed by atoms with Crippen molar-refractivity contribution >= 4 is 5.91 Å². The molecule has 0 spiro atoms. The molecule has 100 valence electrons. The third-order valence-corrected chi connectivity index (χ3v) is 3.03. The Kier molecular flexibility index (Phi) is 4.95. The van der Waals surface area contributed by atoms with Crippen molar-refractivity contribution in [1.82, 2.24) is 10.6 Å². The molecule has 1 amide bonds. The van der Waals surface area contributed by atoms with Gasteiger partial charge in [0.1, 0.15) is 6.61 Å². The SMILES string of the molecule is CC1(CNC(=O)COC(C)(C)C)CCCNC1. The van der Waals surface area contributed by atoms with Gasteiger partial charge in [0.15, 0.2) is 0 Å². The van der Waals surface area contributed by atoms with Gasteiger partial charge >= 0.3 is 0 Å². The molecule has 0 aliphatic carbocycles. The minimum absolute atomic E-state index is 0.0216. The highest BCUT2D eigenvalue weighted by atomic mass is 16.5. The van der Waals surface area contributed by atoms with E-state index in [-0.39, 0.29) is 23.5 Å². The highest BCUT2D eigenvalue weighted by molar-refractivity contribution is 5.77. The fourth-order valence-electron chi connectivity index (χ4n) is 1.91. The van der Waals surface area contributed by atoms with Gasteiger partial charge < -0.3 is 15.4 Å². The van der Waals surface area contributed by atoms with Crippen LogP contribution in [0.2, 0.25) is 0 Å². The van der Waals surface area contributed by atoms with Gasteiger partial charge in [-0.2, -0.15) is 0 Å². The van der Waals surface area contributed by atoms with Crippen molar-refractivity contribution in [2.75, 3.05) is 26.2 Å². The molecule has 17 heavy (non-hydrogen) atoms. The van der Waals surface area contributed by atoms with E-state index in [1.54, 1.807) is 0 Å². The fraction of sp³-hybridized carbons (Fsp3) is 0.923. The molecule has 1 fully saturated rings. The van der Waals surface area contributed by atoms with Crippen molar-refractivity contribution in [3.8, 4) is 0 Å². The number of rotatable bonds is 4. The number of ether oxygens (including phenoxy) is 1. The lowest BCUT2D eigenvalue weighted by Crippen LogP contribution is -2.46. The van der Waals surface area contributed by atoms with Gasteiger partial charge in [-0.25, -0.2) is 0 Å². The standard InChI is InChI=1S/C13H26N2O2/c1-12(2,3)17-8-11(16)15-10-13(4)6-5-7-14-9-13/h14H,5-10H2,1-4H3,(H,15,16). The number of carbonyl (C=O) groups excluding carboxylic acids is 1. The third-order valence-electron chi connectivity index (χ3n) is 3.03. The molecule has 2 N–H and O–H groups in total. The second-order valence-electron chi connectivity index (χ2n) is 6.27.